The summed E-state index contributed by atoms with van der Waals surface area (Å²) in [5, 5.41) is 4.03. The van der Waals surface area contributed by atoms with E-state index < -0.39 is 0 Å². The Bertz CT molecular complexity index is 1010. The zero-order valence-corrected chi connectivity index (χ0v) is 15.0. The molecule has 0 radical (unpaired) electrons. The van der Waals surface area contributed by atoms with Crippen molar-refractivity contribution in [1.29, 1.82) is 0 Å². The lowest BCUT2D eigenvalue weighted by Crippen LogP contribution is -2.18. The predicted molar refractivity (Wildman–Crippen MR) is 104 cm³/mol. The molecule has 1 unspecified atom stereocenters. The smallest absolute Gasteiger partial charge is 0.181 e. The van der Waals surface area contributed by atoms with Gasteiger partial charge in [0.15, 0.2) is 5.65 Å². The molecule has 0 saturated carbocycles. The van der Waals surface area contributed by atoms with Crippen LogP contribution in [0.4, 0.5) is 0 Å². The Morgan fingerprint density at radius 3 is 2.35 bits per heavy atom. The molecule has 2 aromatic carbocycles. The highest BCUT2D eigenvalue weighted by Crippen LogP contribution is 2.29. The normalized spacial score (nSPS) is 12.4. The highest BCUT2D eigenvalue weighted by Gasteiger charge is 2.14. The molecule has 0 bridgehead atoms. The van der Waals surface area contributed by atoms with Crippen LogP contribution in [0.2, 0.25) is 5.02 Å². The second-order valence-electron chi connectivity index (χ2n) is 6.11. The molecule has 0 spiro atoms. The molecule has 0 amide bonds. The molecule has 4 rings (SSSR count). The molecule has 0 aliphatic rings. The average Bonchev–Trinajstić information content (AvgIpc) is 3.16. The second-order valence-corrected chi connectivity index (χ2v) is 6.54. The quantitative estimate of drug-likeness (QED) is 0.562. The van der Waals surface area contributed by atoms with Crippen LogP contribution in [0, 0.1) is 0 Å². The summed E-state index contributed by atoms with van der Waals surface area (Å²) in [6.07, 6.45) is 3.19. The van der Waals surface area contributed by atoms with Crippen molar-refractivity contribution in [3.8, 4) is 11.3 Å². The first-order valence-corrected chi connectivity index (χ1v) is 8.78. The monoisotopic (exact) mass is 363 g/mol. The Hall–Kier alpha value is -2.76. The predicted octanol–water partition coefficient (Wildman–Crippen LogP) is 4.02. The fourth-order valence-electron chi connectivity index (χ4n) is 3.18. The van der Waals surface area contributed by atoms with Crippen LogP contribution in [0.15, 0.2) is 61.2 Å². The fraction of sp³-hybridized carbons (Fsp3) is 0.150. The van der Waals surface area contributed by atoms with E-state index in [1.54, 1.807) is 12.7 Å². The Labute approximate surface area is 156 Å². The molecule has 2 heterocycles. The minimum atomic E-state index is 0.254. The van der Waals surface area contributed by atoms with Crippen LogP contribution in [0.3, 0.4) is 0 Å². The summed E-state index contributed by atoms with van der Waals surface area (Å²) in [6, 6.07) is 16.5. The zero-order valence-electron chi connectivity index (χ0n) is 14.3. The molecule has 2 aromatic heterocycles. The van der Waals surface area contributed by atoms with Crippen molar-refractivity contribution in [3.63, 3.8) is 0 Å². The fourth-order valence-corrected chi connectivity index (χ4v) is 3.31. The van der Waals surface area contributed by atoms with Gasteiger partial charge in [-0.15, -0.1) is 0 Å². The van der Waals surface area contributed by atoms with Crippen molar-refractivity contribution in [3.05, 3.63) is 77.3 Å². The molecule has 0 saturated heterocycles. The Kier molecular flexibility index (Phi) is 4.65. The van der Waals surface area contributed by atoms with Gasteiger partial charge >= 0.3 is 0 Å². The number of hydrogen-bond donors (Lipinski definition) is 2. The third-order valence-corrected chi connectivity index (χ3v) is 4.74. The topological polar surface area (TPSA) is 66.5 Å². The molecule has 0 fully saturated rings. The molecular formula is C20H18ClN5. The van der Waals surface area contributed by atoms with Crippen LogP contribution in [0.1, 0.15) is 17.0 Å². The number of H-pyrrole nitrogens is 1. The Balaban J connectivity index is 1.69. The molecule has 6 heteroatoms. The maximum atomic E-state index is 6.03. The number of nitrogens with zero attached hydrogens (tertiary/aromatic N) is 3. The number of nitrogens with one attached hydrogen (secondary N) is 2. The van der Waals surface area contributed by atoms with E-state index in [0.717, 1.165) is 28.3 Å². The van der Waals surface area contributed by atoms with E-state index in [-0.39, 0.29) is 5.92 Å². The van der Waals surface area contributed by atoms with Crippen LogP contribution in [0.5, 0.6) is 0 Å². The van der Waals surface area contributed by atoms with Gasteiger partial charge in [0.05, 0.1) is 12.0 Å². The van der Waals surface area contributed by atoms with E-state index >= 15 is 0 Å². The Morgan fingerprint density at radius 2 is 1.65 bits per heavy atom. The van der Waals surface area contributed by atoms with Crippen molar-refractivity contribution < 1.29 is 0 Å². The van der Waals surface area contributed by atoms with Gasteiger partial charge in [-0.05, 0) is 30.3 Å². The summed E-state index contributed by atoms with van der Waals surface area (Å²) < 4.78 is 0. The van der Waals surface area contributed by atoms with Gasteiger partial charge in [-0.1, -0.05) is 48.0 Å². The van der Waals surface area contributed by atoms with E-state index in [0.29, 0.717) is 5.65 Å². The summed E-state index contributed by atoms with van der Waals surface area (Å²) in [7, 11) is 1.97. The van der Waals surface area contributed by atoms with E-state index in [1.807, 2.05) is 19.2 Å². The lowest BCUT2D eigenvalue weighted by molar-refractivity contribution is 0.708. The van der Waals surface area contributed by atoms with Crippen LogP contribution >= 0.6 is 11.6 Å². The number of fused-ring (bicyclic) bond motifs is 1. The van der Waals surface area contributed by atoms with Crippen molar-refractivity contribution in [2.75, 3.05) is 13.6 Å². The highest BCUT2D eigenvalue weighted by molar-refractivity contribution is 6.30. The molecule has 130 valence electrons. The number of imidazole rings is 1. The van der Waals surface area contributed by atoms with Crippen LogP contribution in [-0.4, -0.2) is 33.5 Å². The maximum Gasteiger partial charge on any atom is 0.181 e. The van der Waals surface area contributed by atoms with Crippen LogP contribution in [-0.2, 0) is 0 Å². The molecule has 2 N–H and O–H groups in total. The number of likely N-dealkylation sites (N-methyl/N-ethyl adjacent to an activating group) is 1. The van der Waals surface area contributed by atoms with Gasteiger partial charge in [0.25, 0.3) is 0 Å². The third kappa shape index (κ3) is 3.19. The largest absolute Gasteiger partial charge is 0.341 e. The summed E-state index contributed by atoms with van der Waals surface area (Å²) in [6.45, 7) is 0.847. The van der Waals surface area contributed by atoms with Crippen molar-refractivity contribution in [2.45, 2.75) is 5.92 Å². The molecule has 0 aliphatic heterocycles. The standard InChI is InChI=1S/C20H18ClN5/c1-22-10-17(14-6-8-16(21)9-7-14)13-2-4-15(5-3-13)18-19-20(25-11-23-18)26-12-24-19/h2-9,11-12,17,22H,10H2,1H3,(H,23,24,25,26). The third-order valence-electron chi connectivity index (χ3n) is 4.49. The van der Waals surface area contributed by atoms with Gasteiger partial charge in [-0.3, -0.25) is 0 Å². The molecule has 26 heavy (non-hydrogen) atoms. The summed E-state index contributed by atoms with van der Waals surface area (Å²) in [5.41, 5.74) is 5.88. The van der Waals surface area contributed by atoms with Gasteiger partial charge in [-0.25, -0.2) is 15.0 Å². The highest BCUT2D eigenvalue weighted by atomic mass is 35.5. The van der Waals surface area contributed by atoms with E-state index in [2.05, 4.69) is 61.7 Å². The van der Waals surface area contributed by atoms with Gasteiger partial charge in [0.2, 0.25) is 0 Å². The maximum absolute atomic E-state index is 6.03. The van der Waals surface area contributed by atoms with Crippen molar-refractivity contribution in [2.24, 2.45) is 0 Å². The molecule has 5 nitrogen and oxygen atoms in total. The number of benzene rings is 2. The van der Waals surface area contributed by atoms with Crippen molar-refractivity contribution in [1.82, 2.24) is 25.3 Å². The second kappa shape index (κ2) is 7.23. The summed E-state index contributed by atoms with van der Waals surface area (Å²) in [4.78, 5) is 15.9. The van der Waals surface area contributed by atoms with E-state index in [9.17, 15) is 0 Å². The van der Waals surface area contributed by atoms with Gasteiger partial charge < -0.3 is 10.3 Å². The first-order chi connectivity index (χ1) is 12.8. The van der Waals surface area contributed by atoms with Gasteiger partial charge in [-0.2, -0.15) is 0 Å². The lowest BCUT2D eigenvalue weighted by Gasteiger charge is -2.18. The van der Waals surface area contributed by atoms with Crippen LogP contribution < -0.4 is 5.32 Å². The van der Waals surface area contributed by atoms with Gasteiger partial charge in [0, 0.05) is 23.0 Å². The van der Waals surface area contributed by atoms with Crippen molar-refractivity contribution >= 4 is 22.8 Å². The van der Waals surface area contributed by atoms with E-state index in [1.165, 1.54) is 11.1 Å². The minimum Gasteiger partial charge on any atom is -0.341 e. The molecular weight excluding hydrogens is 346 g/mol. The first-order valence-electron chi connectivity index (χ1n) is 8.40. The molecule has 0 aliphatic carbocycles. The van der Waals surface area contributed by atoms with Crippen LogP contribution in [0.25, 0.3) is 22.4 Å². The molecule has 1 atom stereocenters. The SMILES string of the molecule is CNCC(c1ccc(Cl)cc1)c1ccc(-c2ncnc3nc[nH]c23)cc1. The van der Waals surface area contributed by atoms with E-state index in [4.69, 9.17) is 11.6 Å². The Morgan fingerprint density at radius 1 is 0.962 bits per heavy atom. The first kappa shape index (κ1) is 16.7. The molecule has 4 aromatic rings. The van der Waals surface area contributed by atoms with Gasteiger partial charge in [0.1, 0.15) is 11.8 Å². The number of rotatable bonds is 5. The summed E-state index contributed by atoms with van der Waals surface area (Å²) >= 11 is 6.03. The zero-order chi connectivity index (χ0) is 17.9. The minimum absolute atomic E-state index is 0.254. The lowest BCUT2D eigenvalue weighted by atomic mass is 9.90. The number of aromatic amines is 1. The number of aromatic nitrogens is 4. The summed E-state index contributed by atoms with van der Waals surface area (Å²) in [5.74, 6) is 0.254. The number of hydrogen-bond acceptors (Lipinski definition) is 4. The number of halogens is 1. The average molecular weight is 364 g/mol.